The summed E-state index contributed by atoms with van der Waals surface area (Å²) < 4.78 is 5.43. The normalized spacial score (nSPS) is 18.6. The summed E-state index contributed by atoms with van der Waals surface area (Å²) in [6, 6.07) is 9.33. The van der Waals surface area contributed by atoms with Crippen LogP contribution < -0.4 is 5.32 Å². The van der Waals surface area contributed by atoms with E-state index in [1.54, 1.807) is 30.6 Å². The number of amides is 3. The van der Waals surface area contributed by atoms with E-state index in [9.17, 15) is 14.4 Å². The average molecular weight is 508 g/mol. The van der Waals surface area contributed by atoms with Gasteiger partial charge in [0.2, 0.25) is 0 Å². The number of carbonyl (C=O) groups excluding carboxylic acids is 3. The van der Waals surface area contributed by atoms with Crippen molar-refractivity contribution in [3.05, 3.63) is 47.3 Å². The summed E-state index contributed by atoms with van der Waals surface area (Å²) in [4.78, 5) is 52.3. The minimum absolute atomic E-state index is 0.0318. The first-order chi connectivity index (χ1) is 17.7. The van der Waals surface area contributed by atoms with Crippen LogP contribution >= 0.6 is 0 Å². The van der Waals surface area contributed by atoms with Crippen LogP contribution in [0, 0.1) is 6.92 Å². The van der Waals surface area contributed by atoms with Crippen molar-refractivity contribution in [1.29, 1.82) is 0 Å². The van der Waals surface area contributed by atoms with E-state index in [-0.39, 0.29) is 41.4 Å². The average Bonchev–Trinajstić information content (AvgIpc) is 2.88. The summed E-state index contributed by atoms with van der Waals surface area (Å²) in [5.74, 6) is -0.604. The Morgan fingerprint density at radius 2 is 1.73 bits per heavy atom. The van der Waals surface area contributed by atoms with Crippen molar-refractivity contribution < 1.29 is 19.1 Å². The van der Waals surface area contributed by atoms with Gasteiger partial charge in [0.1, 0.15) is 11.3 Å². The number of benzene rings is 1. The van der Waals surface area contributed by atoms with Gasteiger partial charge in [0, 0.05) is 37.3 Å². The maximum atomic E-state index is 13.8. The van der Waals surface area contributed by atoms with Crippen LogP contribution in [0.25, 0.3) is 11.4 Å². The van der Waals surface area contributed by atoms with Gasteiger partial charge < -0.3 is 19.9 Å². The lowest BCUT2D eigenvalue weighted by molar-refractivity contribution is 0.0367. The van der Waals surface area contributed by atoms with Gasteiger partial charge in [0.15, 0.2) is 5.82 Å². The molecule has 2 fully saturated rings. The highest BCUT2D eigenvalue weighted by atomic mass is 16.5. The second kappa shape index (κ2) is 11.7. The molecule has 1 aromatic heterocycles. The Bertz CT molecular complexity index is 1130. The molecule has 2 aromatic rings. The molecule has 1 saturated carbocycles. The van der Waals surface area contributed by atoms with Crippen molar-refractivity contribution in [1.82, 2.24) is 25.1 Å². The molecule has 1 atom stereocenters. The van der Waals surface area contributed by atoms with Crippen molar-refractivity contribution in [2.24, 2.45) is 0 Å². The number of hydrogen-bond donors (Lipinski definition) is 1. The van der Waals surface area contributed by atoms with Crippen LogP contribution in [0.4, 0.5) is 4.79 Å². The molecule has 9 nitrogen and oxygen atoms in total. The van der Waals surface area contributed by atoms with E-state index in [1.807, 2.05) is 37.3 Å². The molecule has 0 spiro atoms. The van der Waals surface area contributed by atoms with Crippen LogP contribution in [0.5, 0.6) is 0 Å². The topological polar surface area (TPSA) is 105 Å². The summed E-state index contributed by atoms with van der Waals surface area (Å²) in [5, 5.41) is 3.17. The molecule has 0 radical (unpaired) electrons. The Kier molecular flexibility index (Phi) is 8.41. The number of piperazine rings is 1. The summed E-state index contributed by atoms with van der Waals surface area (Å²) in [7, 11) is 0. The predicted octanol–water partition coefficient (Wildman–Crippen LogP) is 4.21. The largest absolute Gasteiger partial charge is 0.459 e. The van der Waals surface area contributed by atoms with Gasteiger partial charge in [-0.15, -0.1) is 0 Å². The van der Waals surface area contributed by atoms with Gasteiger partial charge in [-0.05, 0) is 40.5 Å². The minimum Gasteiger partial charge on any atom is -0.459 e. The van der Waals surface area contributed by atoms with Gasteiger partial charge in [-0.25, -0.2) is 19.6 Å². The van der Waals surface area contributed by atoms with Gasteiger partial charge in [-0.1, -0.05) is 49.6 Å². The molecule has 0 bridgehead atoms. The Hall–Kier alpha value is -3.49. The van der Waals surface area contributed by atoms with Crippen molar-refractivity contribution in [2.75, 3.05) is 19.6 Å². The van der Waals surface area contributed by atoms with Crippen LogP contribution in [-0.4, -0.2) is 75.5 Å². The summed E-state index contributed by atoms with van der Waals surface area (Å²) in [5.41, 5.74) is 1.26. The van der Waals surface area contributed by atoms with Crippen LogP contribution in [0.3, 0.4) is 0 Å². The maximum Gasteiger partial charge on any atom is 0.342 e. The molecule has 1 N–H and O–H groups in total. The zero-order chi connectivity index (χ0) is 26.5. The third-order valence-electron chi connectivity index (χ3n) is 6.98. The van der Waals surface area contributed by atoms with Gasteiger partial charge in [0.25, 0.3) is 5.91 Å². The molecule has 0 unspecified atom stereocenters. The van der Waals surface area contributed by atoms with Crippen LogP contribution in [0.1, 0.15) is 79.4 Å². The van der Waals surface area contributed by atoms with E-state index in [2.05, 4.69) is 15.3 Å². The standard InChI is InChI=1S/C28H37N5O4/c1-18(2)37-27(35)23-20(4)29-25(21-11-7-5-8-12-21)31-24(23)26(34)32-15-16-33(19(3)17-32)28(36)30-22-13-9-6-10-14-22/h5,7-8,11-12,18-19,22H,6,9-10,13-17H2,1-4H3,(H,30,36)/t19-/m1/s1. The van der Waals surface area contributed by atoms with Crippen LogP contribution in [0.2, 0.25) is 0 Å². The lowest BCUT2D eigenvalue weighted by Crippen LogP contribution is -2.59. The highest BCUT2D eigenvalue weighted by Gasteiger charge is 2.34. The first kappa shape index (κ1) is 26.6. The fourth-order valence-corrected chi connectivity index (χ4v) is 5.06. The predicted molar refractivity (Wildman–Crippen MR) is 140 cm³/mol. The number of urea groups is 1. The van der Waals surface area contributed by atoms with E-state index >= 15 is 0 Å². The number of aryl methyl sites for hydroxylation is 1. The molecule has 4 rings (SSSR count). The molecule has 2 aliphatic rings. The number of nitrogens with zero attached hydrogens (tertiary/aromatic N) is 4. The summed E-state index contributed by atoms with van der Waals surface area (Å²) in [6.07, 6.45) is 5.20. The highest BCUT2D eigenvalue weighted by Crippen LogP contribution is 2.23. The first-order valence-corrected chi connectivity index (χ1v) is 13.3. The fourth-order valence-electron chi connectivity index (χ4n) is 5.06. The molecule has 1 aliphatic carbocycles. The number of hydrogen-bond acceptors (Lipinski definition) is 6. The minimum atomic E-state index is -0.617. The number of rotatable bonds is 5. The van der Waals surface area contributed by atoms with E-state index in [4.69, 9.17) is 4.74 Å². The zero-order valence-corrected chi connectivity index (χ0v) is 22.2. The number of ether oxygens (including phenoxy) is 1. The lowest BCUT2D eigenvalue weighted by Gasteiger charge is -2.40. The second-order valence-corrected chi connectivity index (χ2v) is 10.3. The van der Waals surface area contributed by atoms with Gasteiger partial charge in [-0.3, -0.25) is 4.79 Å². The zero-order valence-electron chi connectivity index (χ0n) is 22.2. The molecule has 1 aromatic carbocycles. The van der Waals surface area contributed by atoms with Gasteiger partial charge >= 0.3 is 12.0 Å². The van der Waals surface area contributed by atoms with E-state index < -0.39 is 5.97 Å². The Morgan fingerprint density at radius 3 is 2.38 bits per heavy atom. The molecular weight excluding hydrogens is 470 g/mol. The number of aromatic nitrogens is 2. The third kappa shape index (κ3) is 6.26. The first-order valence-electron chi connectivity index (χ1n) is 13.3. The molecule has 37 heavy (non-hydrogen) atoms. The maximum absolute atomic E-state index is 13.8. The van der Waals surface area contributed by atoms with Crippen molar-refractivity contribution in [2.45, 2.75) is 78.0 Å². The quantitative estimate of drug-likeness (QED) is 0.608. The van der Waals surface area contributed by atoms with Crippen LogP contribution in [-0.2, 0) is 4.74 Å². The Labute approximate surface area is 218 Å². The van der Waals surface area contributed by atoms with E-state index in [0.717, 1.165) is 31.2 Å². The molecule has 1 saturated heterocycles. The molecule has 2 heterocycles. The smallest absolute Gasteiger partial charge is 0.342 e. The number of nitrogens with one attached hydrogen (secondary N) is 1. The van der Waals surface area contributed by atoms with E-state index in [0.29, 0.717) is 31.2 Å². The summed E-state index contributed by atoms with van der Waals surface area (Å²) in [6.45, 7) is 8.25. The van der Waals surface area contributed by atoms with E-state index in [1.165, 1.54) is 6.42 Å². The Balaban J connectivity index is 1.56. The third-order valence-corrected chi connectivity index (χ3v) is 6.98. The number of carbonyl (C=O) groups is 3. The monoisotopic (exact) mass is 507 g/mol. The van der Waals surface area contributed by atoms with Crippen molar-refractivity contribution >= 4 is 17.9 Å². The van der Waals surface area contributed by atoms with Crippen molar-refractivity contribution in [3.63, 3.8) is 0 Å². The van der Waals surface area contributed by atoms with Gasteiger partial charge in [0.05, 0.1) is 11.8 Å². The number of esters is 1. The molecule has 198 valence electrons. The van der Waals surface area contributed by atoms with Gasteiger partial charge in [-0.2, -0.15) is 0 Å². The Morgan fingerprint density at radius 1 is 1.03 bits per heavy atom. The molecule has 1 aliphatic heterocycles. The lowest BCUT2D eigenvalue weighted by atomic mass is 9.96. The van der Waals surface area contributed by atoms with Crippen molar-refractivity contribution in [3.8, 4) is 11.4 Å². The summed E-state index contributed by atoms with van der Waals surface area (Å²) >= 11 is 0. The fraction of sp³-hybridized carbons (Fsp3) is 0.536. The molecule has 9 heteroatoms. The van der Waals surface area contributed by atoms with Crippen LogP contribution in [0.15, 0.2) is 30.3 Å². The molecule has 3 amide bonds. The second-order valence-electron chi connectivity index (χ2n) is 10.3. The highest BCUT2D eigenvalue weighted by molar-refractivity contribution is 6.05. The molecular formula is C28H37N5O4. The SMILES string of the molecule is Cc1nc(-c2ccccc2)nc(C(=O)N2CCN(C(=O)NC3CCCCC3)[C@H](C)C2)c1C(=O)OC(C)C.